The lowest BCUT2D eigenvalue weighted by atomic mass is 9.95. The molecule has 0 aliphatic carbocycles. The predicted octanol–water partition coefficient (Wildman–Crippen LogP) is 1.87. The van der Waals surface area contributed by atoms with Gasteiger partial charge in [-0.1, -0.05) is 0 Å². The number of ether oxygens (including phenoxy) is 2. The molecular weight excluding hydrogens is 238 g/mol. The highest BCUT2D eigenvalue weighted by Gasteiger charge is 2.26. The topological polar surface area (TPSA) is 44.5 Å². The molecule has 2 N–H and O–H groups in total. The third-order valence-corrected chi connectivity index (χ3v) is 3.29. The smallest absolute Gasteiger partial charge is 0.126 e. The third kappa shape index (κ3) is 2.09. The van der Waals surface area contributed by atoms with Gasteiger partial charge >= 0.3 is 0 Å². The zero-order valence-electron chi connectivity index (χ0n) is 9.99. The van der Waals surface area contributed by atoms with Gasteiger partial charge in [-0.25, -0.2) is 0 Å². The van der Waals surface area contributed by atoms with E-state index >= 15 is 0 Å². The summed E-state index contributed by atoms with van der Waals surface area (Å²) < 4.78 is 11.4. The highest BCUT2D eigenvalue weighted by molar-refractivity contribution is 5.85. The van der Waals surface area contributed by atoms with Gasteiger partial charge < -0.3 is 15.2 Å². The standard InChI is InChI=1S/C13H17NO2.ClH/c1-8(14)6-11-10-3-5-15-12(10)7-9-2-4-16-13(9)11;/h7-8H,2-6,14H2,1H3;1H/t8-;/m1./s1. The second-order valence-corrected chi connectivity index (χ2v) is 4.70. The van der Waals surface area contributed by atoms with Crippen molar-refractivity contribution in [3.8, 4) is 11.5 Å². The summed E-state index contributed by atoms with van der Waals surface area (Å²) in [5, 5.41) is 0. The Balaban J connectivity index is 0.00000108. The highest BCUT2D eigenvalue weighted by Crippen LogP contribution is 2.40. The molecule has 1 aromatic carbocycles. The van der Waals surface area contributed by atoms with Crippen LogP contribution in [0.5, 0.6) is 11.5 Å². The maximum atomic E-state index is 5.92. The minimum atomic E-state index is 0. The van der Waals surface area contributed by atoms with Gasteiger partial charge in [-0.3, -0.25) is 0 Å². The molecule has 0 radical (unpaired) electrons. The van der Waals surface area contributed by atoms with Gasteiger partial charge in [0.15, 0.2) is 0 Å². The molecule has 4 heteroatoms. The summed E-state index contributed by atoms with van der Waals surface area (Å²) in [5.74, 6) is 2.14. The number of benzene rings is 1. The number of hydrogen-bond donors (Lipinski definition) is 1. The van der Waals surface area contributed by atoms with Crippen LogP contribution in [0.1, 0.15) is 23.6 Å². The quantitative estimate of drug-likeness (QED) is 0.878. The first-order chi connectivity index (χ1) is 7.75. The molecule has 0 saturated heterocycles. The van der Waals surface area contributed by atoms with Gasteiger partial charge in [0.2, 0.25) is 0 Å². The monoisotopic (exact) mass is 255 g/mol. The summed E-state index contributed by atoms with van der Waals surface area (Å²) in [6.07, 6.45) is 2.88. The summed E-state index contributed by atoms with van der Waals surface area (Å²) in [5.41, 5.74) is 9.81. The molecule has 0 aromatic heterocycles. The van der Waals surface area contributed by atoms with Crippen molar-refractivity contribution in [1.29, 1.82) is 0 Å². The van der Waals surface area contributed by atoms with E-state index in [9.17, 15) is 0 Å². The molecule has 1 aromatic rings. The van der Waals surface area contributed by atoms with E-state index in [4.69, 9.17) is 15.2 Å². The Morgan fingerprint density at radius 2 is 2.06 bits per heavy atom. The lowest BCUT2D eigenvalue weighted by Gasteiger charge is -2.14. The fraction of sp³-hybridized carbons (Fsp3) is 0.538. The van der Waals surface area contributed by atoms with Gasteiger partial charge in [-0.2, -0.15) is 0 Å². The van der Waals surface area contributed by atoms with Gasteiger partial charge in [-0.15, -0.1) is 12.4 Å². The van der Waals surface area contributed by atoms with Gasteiger partial charge in [0.05, 0.1) is 13.2 Å². The zero-order chi connectivity index (χ0) is 11.1. The molecule has 2 aliphatic rings. The van der Waals surface area contributed by atoms with Gasteiger partial charge in [-0.05, 0) is 19.4 Å². The molecule has 0 bridgehead atoms. The summed E-state index contributed by atoms with van der Waals surface area (Å²) in [6.45, 7) is 3.63. The van der Waals surface area contributed by atoms with E-state index in [0.29, 0.717) is 0 Å². The van der Waals surface area contributed by atoms with Crippen LogP contribution in [0.2, 0.25) is 0 Å². The van der Waals surface area contributed by atoms with Crippen LogP contribution in [0.3, 0.4) is 0 Å². The van der Waals surface area contributed by atoms with Crippen molar-refractivity contribution < 1.29 is 9.47 Å². The average molecular weight is 256 g/mol. The number of fused-ring (bicyclic) bond motifs is 2. The molecule has 0 unspecified atom stereocenters. The second kappa shape index (κ2) is 4.75. The molecule has 0 spiro atoms. The van der Waals surface area contributed by atoms with Crippen LogP contribution in [0.15, 0.2) is 6.07 Å². The highest BCUT2D eigenvalue weighted by atomic mass is 35.5. The first kappa shape index (κ1) is 12.5. The second-order valence-electron chi connectivity index (χ2n) is 4.70. The molecule has 0 amide bonds. The molecular formula is C13H18ClNO2. The summed E-state index contributed by atoms with van der Waals surface area (Å²) in [4.78, 5) is 0. The molecule has 2 heterocycles. The van der Waals surface area contributed by atoms with E-state index in [0.717, 1.165) is 44.0 Å². The van der Waals surface area contributed by atoms with Gasteiger partial charge in [0, 0.05) is 35.6 Å². The fourth-order valence-corrected chi connectivity index (χ4v) is 2.62. The predicted molar refractivity (Wildman–Crippen MR) is 69.4 cm³/mol. The molecule has 3 rings (SSSR count). The van der Waals surface area contributed by atoms with Crippen molar-refractivity contribution in [2.45, 2.75) is 32.2 Å². The van der Waals surface area contributed by atoms with E-state index in [1.807, 2.05) is 6.92 Å². The van der Waals surface area contributed by atoms with Crippen LogP contribution in [-0.4, -0.2) is 19.3 Å². The van der Waals surface area contributed by atoms with Crippen molar-refractivity contribution in [3.63, 3.8) is 0 Å². The average Bonchev–Trinajstić information content (AvgIpc) is 2.83. The molecule has 17 heavy (non-hydrogen) atoms. The number of rotatable bonds is 2. The Hall–Kier alpha value is -0.930. The maximum absolute atomic E-state index is 5.92. The van der Waals surface area contributed by atoms with E-state index in [1.165, 1.54) is 16.7 Å². The van der Waals surface area contributed by atoms with Gasteiger partial charge in [0.1, 0.15) is 11.5 Å². The summed E-state index contributed by atoms with van der Waals surface area (Å²) >= 11 is 0. The van der Waals surface area contributed by atoms with E-state index in [2.05, 4.69) is 6.07 Å². The Labute approximate surface area is 108 Å². The number of hydrogen-bond acceptors (Lipinski definition) is 3. The number of nitrogens with two attached hydrogens (primary N) is 1. The van der Waals surface area contributed by atoms with Crippen molar-refractivity contribution in [3.05, 3.63) is 22.8 Å². The molecule has 1 atom stereocenters. The molecule has 0 saturated carbocycles. The normalized spacial score (nSPS) is 17.5. The van der Waals surface area contributed by atoms with Crippen LogP contribution in [-0.2, 0) is 19.3 Å². The third-order valence-electron chi connectivity index (χ3n) is 3.29. The first-order valence-corrected chi connectivity index (χ1v) is 5.94. The summed E-state index contributed by atoms with van der Waals surface area (Å²) in [7, 11) is 0. The molecule has 0 fully saturated rings. The van der Waals surface area contributed by atoms with Crippen molar-refractivity contribution in [2.24, 2.45) is 5.73 Å². The zero-order valence-corrected chi connectivity index (χ0v) is 10.8. The lowest BCUT2D eigenvalue weighted by Crippen LogP contribution is -2.19. The lowest BCUT2D eigenvalue weighted by molar-refractivity contribution is 0.352. The van der Waals surface area contributed by atoms with Crippen molar-refractivity contribution in [1.82, 2.24) is 0 Å². The van der Waals surface area contributed by atoms with Crippen LogP contribution in [0.4, 0.5) is 0 Å². The van der Waals surface area contributed by atoms with Gasteiger partial charge in [0.25, 0.3) is 0 Å². The maximum Gasteiger partial charge on any atom is 0.126 e. The van der Waals surface area contributed by atoms with Crippen LogP contribution < -0.4 is 15.2 Å². The summed E-state index contributed by atoms with van der Waals surface area (Å²) in [6, 6.07) is 2.32. The Morgan fingerprint density at radius 1 is 1.29 bits per heavy atom. The Bertz CT molecular complexity index is 400. The first-order valence-electron chi connectivity index (χ1n) is 5.94. The van der Waals surface area contributed by atoms with E-state index in [1.54, 1.807) is 0 Å². The van der Waals surface area contributed by atoms with Crippen LogP contribution >= 0.6 is 12.4 Å². The molecule has 3 nitrogen and oxygen atoms in total. The SMILES string of the molecule is C[C@@H](N)Cc1c2c(cc3c1OCC3)OCC2.Cl. The van der Waals surface area contributed by atoms with Crippen molar-refractivity contribution in [2.75, 3.05) is 13.2 Å². The van der Waals surface area contributed by atoms with E-state index < -0.39 is 0 Å². The number of halogens is 1. The minimum absolute atomic E-state index is 0. The van der Waals surface area contributed by atoms with Crippen LogP contribution in [0, 0.1) is 0 Å². The van der Waals surface area contributed by atoms with E-state index in [-0.39, 0.29) is 18.4 Å². The minimum Gasteiger partial charge on any atom is -0.493 e. The van der Waals surface area contributed by atoms with Crippen molar-refractivity contribution >= 4 is 12.4 Å². The Morgan fingerprint density at radius 3 is 2.82 bits per heavy atom. The molecule has 94 valence electrons. The van der Waals surface area contributed by atoms with Crippen LogP contribution in [0.25, 0.3) is 0 Å². The Kier molecular flexibility index (Phi) is 3.50. The largest absolute Gasteiger partial charge is 0.493 e. The molecule has 2 aliphatic heterocycles. The fourth-order valence-electron chi connectivity index (χ4n) is 2.62.